The third-order valence-electron chi connectivity index (χ3n) is 3.63. The summed E-state index contributed by atoms with van der Waals surface area (Å²) < 4.78 is 5.27. The number of unbranched alkanes of at least 4 members (excludes halogenated alkanes) is 1. The molecule has 2 rings (SSSR count). The lowest BCUT2D eigenvalue weighted by Crippen LogP contribution is -2.04. The third kappa shape index (κ3) is 3.83. The van der Waals surface area contributed by atoms with Gasteiger partial charge >= 0.3 is 0 Å². The fourth-order valence-corrected chi connectivity index (χ4v) is 2.57. The number of rotatable bonds is 4. The average molecular weight is 247 g/mol. The molecule has 1 saturated carbocycles. The molecular formula is C14H21N3O. The van der Waals surface area contributed by atoms with Gasteiger partial charge in [0, 0.05) is 18.8 Å². The second kappa shape index (κ2) is 7.15. The molecule has 1 aromatic rings. The summed E-state index contributed by atoms with van der Waals surface area (Å²) in [5.74, 6) is 2.07. The van der Waals surface area contributed by atoms with Gasteiger partial charge in [0.25, 0.3) is 0 Å². The normalized spacial score (nSPS) is 17.9. The first kappa shape index (κ1) is 13.1. The van der Waals surface area contributed by atoms with Crippen LogP contribution in [0.2, 0.25) is 0 Å². The van der Waals surface area contributed by atoms with Gasteiger partial charge in [-0.3, -0.25) is 0 Å². The van der Waals surface area contributed by atoms with Crippen LogP contribution in [0.1, 0.15) is 75.4 Å². The Labute approximate surface area is 108 Å². The highest BCUT2D eigenvalue weighted by Gasteiger charge is 2.19. The van der Waals surface area contributed by atoms with Gasteiger partial charge in [-0.25, -0.2) is 0 Å². The zero-order valence-corrected chi connectivity index (χ0v) is 10.9. The van der Waals surface area contributed by atoms with Crippen molar-refractivity contribution in [3.05, 3.63) is 11.7 Å². The molecule has 0 atom stereocenters. The SMILES string of the molecule is N#CCCCc1nc(C2CCCCCCC2)no1. The van der Waals surface area contributed by atoms with E-state index in [0.717, 1.165) is 18.7 Å². The molecule has 0 amide bonds. The molecule has 0 N–H and O–H groups in total. The van der Waals surface area contributed by atoms with Gasteiger partial charge in [-0.2, -0.15) is 10.2 Å². The molecule has 0 bridgehead atoms. The number of nitrogens with zero attached hydrogens (tertiary/aromatic N) is 3. The minimum absolute atomic E-state index is 0.485. The maximum absolute atomic E-state index is 8.49. The standard InChI is InChI=1S/C14H21N3O/c15-11-7-6-10-13-16-14(17-18-13)12-8-4-2-1-3-5-9-12/h12H,1-10H2. The summed E-state index contributed by atoms with van der Waals surface area (Å²) in [6.07, 6.45) is 11.1. The van der Waals surface area contributed by atoms with E-state index >= 15 is 0 Å². The summed E-state index contributed by atoms with van der Waals surface area (Å²) >= 11 is 0. The van der Waals surface area contributed by atoms with E-state index in [-0.39, 0.29) is 0 Å². The van der Waals surface area contributed by atoms with Crippen LogP contribution in [0.4, 0.5) is 0 Å². The number of nitriles is 1. The van der Waals surface area contributed by atoms with Crippen LogP contribution in [0, 0.1) is 11.3 Å². The lowest BCUT2D eigenvalue weighted by atomic mass is 9.91. The first-order chi connectivity index (χ1) is 8.90. The van der Waals surface area contributed by atoms with Gasteiger partial charge in [-0.05, 0) is 19.3 Å². The number of aromatic nitrogens is 2. The maximum Gasteiger partial charge on any atom is 0.226 e. The van der Waals surface area contributed by atoms with Crippen molar-refractivity contribution < 1.29 is 4.52 Å². The summed E-state index contributed by atoms with van der Waals surface area (Å²) in [7, 11) is 0. The Kier molecular flexibility index (Phi) is 5.19. The molecule has 0 spiro atoms. The molecule has 1 aliphatic carbocycles. The molecule has 1 aromatic heterocycles. The highest BCUT2D eigenvalue weighted by molar-refractivity contribution is 4.96. The molecule has 0 saturated heterocycles. The monoisotopic (exact) mass is 247 g/mol. The number of hydrogen-bond donors (Lipinski definition) is 0. The topological polar surface area (TPSA) is 62.7 Å². The Balaban J connectivity index is 1.89. The lowest BCUT2D eigenvalue weighted by Gasteiger charge is -2.15. The van der Waals surface area contributed by atoms with Crippen molar-refractivity contribution in [3.8, 4) is 6.07 Å². The zero-order valence-electron chi connectivity index (χ0n) is 10.9. The summed E-state index contributed by atoms with van der Waals surface area (Å²) in [6, 6.07) is 2.13. The summed E-state index contributed by atoms with van der Waals surface area (Å²) in [5, 5.41) is 12.6. The number of aryl methyl sites for hydroxylation is 1. The summed E-state index contributed by atoms with van der Waals surface area (Å²) in [5.41, 5.74) is 0. The number of hydrogen-bond acceptors (Lipinski definition) is 4. The van der Waals surface area contributed by atoms with Crippen molar-refractivity contribution in [3.63, 3.8) is 0 Å². The maximum atomic E-state index is 8.49. The third-order valence-corrected chi connectivity index (χ3v) is 3.63. The first-order valence-corrected chi connectivity index (χ1v) is 7.09. The van der Waals surface area contributed by atoms with Crippen LogP contribution in [0.3, 0.4) is 0 Å². The van der Waals surface area contributed by atoms with Crippen LogP contribution in [-0.4, -0.2) is 10.1 Å². The van der Waals surface area contributed by atoms with Gasteiger partial charge in [0.15, 0.2) is 5.82 Å². The van der Waals surface area contributed by atoms with Crippen LogP contribution >= 0.6 is 0 Å². The molecular weight excluding hydrogens is 226 g/mol. The molecule has 1 heterocycles. The predicted octanol–water partition coefficient (Wildman–Crippen LogP) is 3.74. The van der Waals surface area contributed by atoms with Gasteiger partial charge in [0.1, 0.15) is 0 Å². The summed E-state index contributed by atoms with van der Waals surface area (Å²) in [6.45, 7) is 0. The molecule has 18 heavy (non-hydrogen) atoms. The highest BCUT2D eigenvalue weighted by atomic mass is 16.5. The molecule has 98 valence electrons. The van der Waals surface area contributed by atoms with Crippen LogP contribution in [-0.2, 0) is 6.42 Å². The molecule has 4 nitrogen and oxygen atoms in total. The molecule has 0 aromatic carbocycles. The van der Waals surface area contributed by atoms with E-state index in [1.807, 2.05) is 0 Å². The van der Waals surface area contributed by atoms with E-state index in [2.05, 4.69) is 16.2 Å². The van der Waals surface area contributed by atoms with Crippen molar-refractivity contribution >= 4 is 0 Å². The van der Waals surface area contributed by atoms with Gasteiger partial charge < -0.3 is 4.52 Å². The van der Waals surface area contributed by atoms with Crippen LogP contribution < -0.4 is 0 Å². The van der Waals surface area contributed by atoms with Crippen molar-refractivity contribution in [2.75, 3.05) is 0 Å². The highest BCUT2D eigenvalue weighted by Crippen LogP contribution is 2.29. The first-order valence-electron chi connectivity index (χ1n) is 7.09. The smallest absolute Gasteiger partial charge is 0.226 e. The van der Waals surface area contributed by atoms with E-state index in [4.69, 9.17) is 9.78 Å². The van der Waals surface area contributed by atoms with Crippen molar-refractivity contribution in [1.82, 2.24) is 10.1 Å². The Morgan fingerprint density at radius 1 is 1.17 bits per heavy atom. The van der Waals surface area contributed by atoms with Crippen LogP contribution in [0.5, 0.6) is 0 Å². The molecule has 0 aliphatic heterocycles. The fraction of sp³-hybridized carbons (Fsp3) is 0.786. The Morgan fingerprint density at radius 2 is 1.89 bits per heavy atom. The van der Waals surface area contributed by atoms with E-state index in [1.54, 1.807) is 0 Å². The van der Waals surface area contributed by atoms with Crippen molar-refractivity contribution in [1.29, 1.82) is 5.26 Å². The van der Waals surface area contributed by atoms with Crippen molar-refractivity contribution in [2.45, 2.75) is 70.1 Å². The van der Waals surface area contributed by atoms with Gasteiger partial charge in [-0.1, -0.05) is 37.3 Å². The van der Waals surface area contributed by atoms with Gasteiger partial charge in [-0.15, -0.1) is 0 Å². The second-order valence-corrected chi connectivity index (χ2v) is 5.10. The predicted molar refractivity (Wildman–Crippen MR) is 67.9 cm³/mol. The largest absolute Gasteiger partial charge is 0.339 e. The van der Waals surface area contributed by atoms with Gasteiger partial charge in [0.05, 0.1) is 6.07 Å². The average Bonchev–Trinajstić information content (AvgIpc) is 2.78. The minimum Gasteiger partial charge on any atom is -0.339 e. The lowest BCUT2D eigenvalue weighted by molar-refractivity contribution is 0.359. The molecule has 1 aliphatic rings. The van der Waals surface area contributed by atoms with Crippen LogP contribution in [0.15, 0.2) is 4.52 Å². The molecule has 0 radical (unpaired) electrons. The van der Waals surface area contributed by atoms with Crippen molar-refractivity contribution in [2.24, 2.45) is 0 Å². The fourth-order valence-electron chi connectivity index (χ4n) is 2.57. The van der Waals surface area contributed by atoms with E-state index in [1.165, 1.54) is 44.9 Å². The quantitative estimate of drug-likeness (QED) is 0.760. The molecule has 1 fully saturated rings. The van der Waals surface area contributed by atoms with E-state index < -0.39 is 0 Å². The Morgan fingerprint density at radius 3 is 2.61 bits per heavy atom. The minimum atomic E-state index is 0.485. The molecule has 0 unspecified atom stereocenters. The van der Waals surface area contributed by atoms with Gasteiger partial charge in [0.2, 0.25) is 5.89 Å². The van der Waals surface area contributed by atoms with E-state index in [9.17, 15) is 0 Å². The second-order valence-electron chi connectivity index (χ2n) is 5.10. The molecule has 4 heteroatoms. The summed E-state index contributed by atoms with van der Waals surface area (Å²) in [4.78, 5) is 4.49. The Hall–Kier alpha value is -1.37. The Bertz CT molecular complexity index is 386. The zero-order chi connectivity index (χ0) is 12.6. The van der Waals surface area contributed by atoms with Crippen LogP contribution in [0.25, 0.3) is 0 Å². The van der Waals surface area contributed by atoms with E-state index in [0.29, 0.717) is 18.2 Å².